The number of fused-ring (bicyclic) bond motifs is 26. The van der Waals surface area contributed by atoms with Crippen molar-refractivity contribution in [1.82, 2.24) is 39.0 Å². The van der Waals surface area contributed by atoms with Gasteiger partial charge in [-0.2, -0.15) is 10.5 Å². The molecule has 2 aliphatic carbocycles. The minimum Gasteiger partial charge on any atom is -0.309 e. The maximum Gasteiger partial charge on any atom is 0.200 e. The third-order valence-electron chi connectivity index (χ3n) is 24.4. The Bertz CT molecular complexity index is 7820. The Morgan fingerprint density at radius 2 is 0.615 bits per heavy atom. The molecule has 0 saturated heterocycles. The lowest BCUT2D eigenvalue weighted by Crippen LogP contribution is -2.31. The number of para-hydroxylation sites is 2. The summed E-state index contributed by atoms with van der Waals surface area (Å²) in [5, 5.41) is 26.5. The number of benzene rings is 16. The maximum atomic E-state index is 11.1. The summed E-state index contributed by atoms with van der Waals surface area (Å²) in [4.78, 5) is 42.6. The van der Waals surface area contributed by atoms with Gasteiger partial charge in [0.25, 0.3) is 0 Å². The first-order valence-corrected chi connectivity index (χ1v) is 41.7. The van der Waals surface area contributed by atoms with Gasteiger partial charge in [-0.3, -0.25) is 0 Å². The van der Waals surface area contributed by atoms with Crippen molar-refractivity contribution in [2.75, 3.05) is 0 Å². The quantitative estimate of drug-likeness (QED) is 0.135. The molecule has 0 unspecified atom stereocenters. The molecule has 0 saturated carbocycles. The van der Waals surface area contributed by atoms with Crippen molar-refractivity contribution in [3.05, 3.63) is 442 Å². The number of aromatic nitrogens is 8. The van der Waals surface area contributed by atoms with E-state index >= 15 is 0 Å². The molecule has 2 aliphatic heterocycles. The lowest BCUT2D eigenvalue weighted by molar-refractivity contribution is 0.723. The second kappa shape index (κ2) is 28.3. The molecule has 0 N–H and O–H groups in total. The molecule has 0 atom stereocenters. The van der Waals surface area contributed by atoms with Crippen LogP contribution in [0.25, 0.3) is 155 Å². The van der Waals surface area contributed by atoms with Crippen molar-refractivity contribution in [3.8, 4) is 114 Å². The molecule has 0 radical (unpaired) electrons. The van der Waals surface area contributed by atoms with Crippen LogP contribution in [0.4, 0.5) is 11.4 Å². The average molecular weight is 1590 g/mol. The fourth-order valence-electron chi connectivity index (χ4n) is 19.4. The van der Waals surface area contributed by atoms with Gasteiger partial charge in [0.15, 0.2) is 46.3 Å². The molecule has 4 aromatic heterocycles. The Kier molecular flexibility index (Phi) is 16.5. The SMILES string of the molecule is [C-]#[N+]c1cc(-n2c3ccccc3c3c4c(ccc32)C2(c3ccccc3Sc3ccccc32)c2ccccc2-4)c(C#N)cc1-c1nc(-c2ccccc2)nc(-c2ccccc2)n1.[C-]#[N+]c1cc(-n2c3ccccc3c3ccc4c(c32)-c2ccccc2C42c3ccccc3Sc3ccccc32)c(C#N)cc1-c1nc(-c2ccccc2)nc(-c2ccccc2)n1. The highest BCUT2D eigenvalue weighted by atomic mass is 32.2. The minimum absolute atomic E-state index is 0.327. The van der Waals surface area contributed by atoms with E-state index in [1.54, 1.807) is 12.1 Å². The molecular formula is C108H60N12S2. The van der Waals surface area contributed by atoms with Crippen LogP contribution in [0.5, 0.6) is 0 Å². The standard InChI is InChI=1S/2C54H30N6S/c1-56-44-31-46(35(32-55)30-39(44)53-58-51(33-16-4-2-5-17-33)57-52(59-53)34-18-6-3-7-19-34)60-45-25-13-9-20-36(45)37-28-29-43-49(50(37)60)38-21-8-10-22-40(38)54(43)41-23-11-14-26-47(41)61-48-27-15-12-24-42(48)54;1-56-43-31-46(35(32-55)30-38(43)53-58-51(33-16-4-2-5-17-33)57-52(59-53)34-18-6-3-7-19-34)60-44-25-13-9-21-37(44)50-45(60)29-28-42-49(50)36-20-8-10-22-39(36)54(42)40-23-11-14-26-47(40)61-48-27-15-12-24-41(48)54/h2*2-31H. The Morgan fingerprint density at radius 3 is 1.04 bits per heavy atom. The van der Waals surface area contributed by atoms with Gasteiger partial charge in [-0.25, -0.2) is 39.6 Å². The first-order valence-electron chi connectivity index (χ1n) is 40.1. The zero-order valence-electron chi connectivity index (χ0n) is 64.8. The van der Waals surface area contributed by atoms with Crippen LogP contribution >= 0.6 is 23.5 Å². The molecule has 0 bridgehead atoms. The number of nitriles is 2. The zero-order valence-corrected chi connectivity index (χ0v) is 66.5. The molecule has 0 amide bonds. The average Bonchev–Trinajstić information content (AvgIpc) is 1.51. The van der Waals surface area contributed by atoms with E-state index in [0.717, 1.165) is 77.0 Å². The van der Waals surface area contributed by atoms with Crippen molar-refractivity contribution in [2.45, 2.75) is 30.4 Å². The largest absolute Gasteiger partial charge is 0.309 e. The molecule has 16 aromatic carbocycles. The van der Waals surface area contributed by atoms with Gasteiger partial charge < -0.3 is 9.13 Å². The lowest BCUT2D eigenvalue weighted by atomic mass is 9.67. The van der Waals surface area contributed by atoms with E-state index in [0.29, 0.717) is 79.9 Å². The number of hydrogen-bond donors (Lipinski definition) is 0. The molecule has 14 heteroatoms. The van der Waals surface area contributed by atoms with Crippen LogP contribution in [0.1, 0.15) is 55.6 Å². The Morgan fingerprint density at radius 1 is 0.279 bits per heavy atom. The fraction of sp³-hybridized carbons (Fsp3) is 0.0185. The van der Waals surface area contributed by atoms with E-state index in [4.69, 9.17) is 43.0 Å². The Labute approximate surface area is 710 Å². The van der Waals surface area contributed by atoms with E-state index < -0.39 is 10.8 Å². The summed E-state index contributed by atoms with van der Waals surface area (Å²) in [6.45, 7) is 17.1. The highest BCUT2D eigenvalue weighted by Crippen LogP contribution is 2.66. The summed E-state index contributed by atoms with van der Waals surface area (Å²) in [6.07, 6.45) is 0. The molecule has 2 spiro atoms. The normalized spacial score (nSPS) is 13.0. The van der Waals surface area contributed by atoms with E-state index in [2.05, 4.69) is 237 Å². The molecule has 24 rings (SSSR count). The van der Waals surface area contributed by atoms with Crippen molar-refractivity contribution in [1.29, 1.82) is 10.5 Å². The van der Waals surface area contributed by atoms with Gasteiger partial charge in [-0.05, 0) is 128 Å². The Hall–Kier alpha value is -16.2. The number of rotatable bonds is 8. The van der Waals surface area contributed by atoms with Crippen molar-refractivity contribution in [2.24, 2.45) is 0 Å². The van der Waals surface area contributed by atoms with Gasteiger partial charge in [0, 0.05) is 80.1 Å². The van der Waals surface area contributed by atoms with Crippen LogP contribution in [-0.2, 0) is 10.8 Å². The van der Waals surface area contributed by atoms with Crippen LogP contribution in [0.15, 0.2) is 384 Å². The Balaban J connectivity index is 0.000000142. The van der Waals surface area contributed by atoms with Crippen LogP contribution in [0.2, 0.25) is 0 Å². The van der Waals surface area contributed by atoms with Gasteiger partial charge in [0.2, 0.25) is 0 Å². The van der Waals surface area contributed by atoms with Crippen LogP contribution in [0.3, 0.4) is 0 Å². The first kappa shape index (κ1) is 71.1. The molecule has 12 nitrogen and oxygen atoms in total. The van der Waals surface area contributed by atoms with Crippen molar-refractivity contribution < 1.29 is 0 Å². The first-order chi connectivity index (χ1) is 60.3. The molecule has 4 aliphatic rings. The summed E-state index contributed by atoms with van der Waals surface area (Å²) < 4.78 is 4.37. The maximum absolute atomic E-state index is 11.1. The zero-order chi connectivity index (χ0) is 81.3. The molecule has 0 fully saturated rings. The van der Waals surface area contributed by atoms with Gasteiger partial charge in [-0.15, -0.1) is 0 Å². The summed E-state index contributed by atoms with van der Waals surface area (Å²) in [5.74, 6) is 2.59. The summed E-state index contributed by atoms with van der Waals surface area (Å²) in [7, 11) is 0. The number of nitrogens with zero attached hydrogens (tertiary/aromatic N) is 12. The predicted molar refractivity (Wildman–Crippen MR) is 486 cm³/mol. The third kappa shape index (κ3) is 10.6. The topological polar surface area (TPSA) is 144 Å². The van der Waals surface area contributed by atoms with Gasteiger partial charge >= 0.3 is 0 Å². The summed E-state index contributed by atoms with van der Waals surface area (Å²) in [6, 6.07) is 130. The van der Waals surface area contributed by atoms with Crippen LogP contribution in [0, 0.1) is 35.8 Å². The lowest BCUT2D eigenvalue weighted by Gasteiger charge is -2.39. The molecule has 6 heterocycles. The summed E-state index contributed by atoms with van der Waals surface area (Å²) in [5.41, 5.74) is 24.3. The smallest absolute Gasteiger partial charge is 0.200 e. The fourth-order valence-corrected chi connectivity index (χ4v) is 21.8. The second-order valence-corrected chi connectivity index (χ2v) is 32.7. The minimum atomic E-state index is -0.574. The van der Waals surface area contributed by atoms with E-state index in [1.165, 1.54) is 75.2 Å². The van der Waals surface area contributed by atoms with E-state index in [-0.39, 0.29) is 0 Å². The molecule has 564 valence electrons. The molecule has 122 heavy (non-hydrogen) atoms. The highest BCUT2D eigenvalue weighted by Gasteiger charge is 2.53. The number of hydrogen-bond acceptors (Lipinski definition) is 10. The van der Waals surface area contributed by atoms with Gasteiger partial charge in [0.1, 0.15) is 12.1 Å². The second-order valence-electron chi connectivity index (χ2n) is 30.5. The monoisotopic (exact) mass is 1590 g/mol. The van der Waals surface area contributed by atoms with Crippen LogP contribution in [-0.4, -0.2) is 39.0 Å². The van der Waals surface area contributed by atoms with Crippen molar-refractivity contribution >= 4 is 78.5 Å². The van der Waals surface area contributed by atoms with E-state index in [9.17, 15) is 10.5 Å². The molecular weight excluding hydrogens is 1530 g/mol. The summed E-state index contributed by atoms with van der Waals surface area (Å²) >= 11 is 3.66. The van der Waals surface area contributed by atoms with Gasteiger partial charge in [-0.1, -0.05) is 321 Å². The third-order valence-corrected chi connectivity index (χ3v) is 26.7. The predicted octanol–water partition coefficient (Wildman–Crippen LogP) is 26.4. The van der Waals surface area contributed by atoms with Crippen LogP contribution < -0.4 is 0 Å². The van der Waals surface area contributed by atoms with E-state index in [1.807, 2.05) is 169 Å². The molecule has 20 aromatic rings. The van der Waals surface area contributed by atoms with Crippen molar-refractivity contribution in [3.63, 3.8) is 0 Å². The van der Waals surface area contributed by atoms with Gasteiger partial charge in [0.05, 0.1) is 68.5 Å². The highest BCUT2D eigenvalue weighted by molar-refractivity contribution is 7.99.